The van der Waals surface area contributed by atoms with Gasteiger partial charge in [-0.25, -0.2) is 0 Å². The van der Waals surface area contributed by atoms with Gasteiger partial charge in [0.25, 0.3) is 0 Å². The molecule has 4 nitrogen and oxygen atoms in total. The van der Waals surface area contributed by atoms with E-state index in [1.165, 1.54) is 6.42 Å². The van der Waals surface area contributed by atoms with E-state index in [0.717, 1.165) is 12.8 Å². The number of hydrogen-bond donors (Lipinski definition) is 2. The maximum Gasteiger partial charge on any atom is 0.307 e. The van der Waals surface area contributed by atoms with Gasteiger partial charge in [0.05, 0.1) is 11.8 Å². The molecule has 84 valence electrons. The lowest BCUT2D eigenvalue weighted by Crippen LogP contribution is -2.37. The van der Waals surface area contributed by atoms with Gasteiger partial charge in [0, 0.05) is 6.04 Å². The van der Waals surface area contributed by atoms with Gasteiger partial charge in [0.2, 0.25) is 5.91 Å². The third kappa shape index (κ3) is 2.13. The van der Waals surface area contributed by atoms with Crippen LogP contribution in [-0.2, 0) is 9.59 Å². The number of rotatable bonds is 3. The fraction of sp³-hybridized carbons (Fsp3) is 0.818. The maximum atomic E-state index is 11.6. The summed E-state index contributed by atoms with van der Waals surface area (Å²) < 4.78 is 0. The Kier molecular flexibility index (Phi) is 2.67. The summed E-state index contributed by atoms with van der Waals surface area (Å²) in [4.78, 5) is 22.2. The van der Waals surface area contributed by atoms with Crippen LogP contribution in [0.25, 0.3) is 0 Å². The van der Waals surface area contributed by atoms with Crippen molar-refractivity contribution >= 4 is 11.9 Å². The zero-order valence-electron chi connectivity index (χ0n) is 8.90. The van der Waals surface area contributed by atoms with Gasteiger partial charge in [-0.05, 0) is 25.2 Å². The molecule has 0 bridgehead atoms. The number of carbonyl (C=O) groups is 2. The third-order valence-corrected chi connectivity index (χ3v) is 3.63. The van der Waals surface area contributed by atoms with Gasteiger partial charge in [-0.1, -0.05) is 13.3 Å². The molecule has 2 unspecified atom stereocenters. The smallest absolute Gasteiger partial charge is 0.307 e. The van der Waals surface area contributed by atoms with Crippen molar-refractivity contribution < 1.29 is 14.7 Å². The number of carbonyl (C=O) groups excluding carboxylic acids is 1. The first kappa shape index (κ1) is 10.5. The molecule has 0 aromatic rings. The summed E-state index contributed by atoms with van der Waals surface area (Å²) in [6.07, 6.45) is 3.89. The lowest BCUT2D eigenvalue weighted by atomic mass is 10.1. The van der Waals surface area contributed by atoms with E-state index in [-0.39, 0.29) is 17.9 Å². The van der Waals surface area contributed by atoms with Crippen molar-refractivity contribution in [2.75, 3.05) is 0 Å². The van der Waals surface area contributed by atoms with E-state index >= 15 is 0 Å². The second-order valence-electron chi connectivity index (χ2n) is 4.81. The second kappa shape index (κ2) is 3.83. The minimum absolute atomic E-state index is 0.0545. The summed E-state index contributed by atoms with van der Waals surface area (Å²) in [5.41, 5.74) is 0. The highest BCUT2D eigenvalue weighted by Gasteiger charge is 2.48. The average molecular weight is 211 g/mol. The Labute approximate surface area is 89.0 Å². The van der Waals surface area contributed by atoms with Crippen LogP contribution in [0, 0.1) is 17.8 Å². The topological polar surface area (TPSA) is 66.4 Å². The first-order valence-corrected chi connectivity index (χ1v) is 5.62. The lowest BCUT2D eigenvalue weighted by Gasteiger charge is -2.16. The molecule has 0 spiro atoms. The first-order chi connectivity index (χ1) is 7.09. The van der Waals surface area contributed by atoms with E-state index in [4.69, 9.17) is 5.11 Å². The molecule has 0 radical (unpaired) electrons. The van der Waals surface area contributed by atoms with Gasteiger partial charge >= 0.3 is 5.97 Å². The summed E-state index contributed by atoms with van der Waals surface area (Å²) in [5, 5.41) is 11.7. The minimum atomic E-state index is -0.838. The van der Waals surface area contributed by atoms with Gasteiger partial charge < -0.3 is 10.4 Å². The molecule has 2 rings (SSSR count). The van der Waals surface area contributed by atoms with Gasteiger partial charge in [-0.15, -0.1) is 0 Å². The molecule has 2 fully saturated rings. The average Bonchev–Trinajstić information content (AvgIpc) is 2.88. The van der Waals surface area contributed by atoms with Crippen LogP contribution in [0.3, 0.4) is 0 Å². The quantitative estimate of drug-likeness (QED) is 0.732. The number of aliphatic carboxylic acids is 1. The van der Waals surface area contributed by atoms with Crippen molar-refractivity contribution in [3.63, 3.8) is 0 Å². The molecule has 2 saturated carbocycles. The van der Waals surface area contributed by atoms with Gasteiger partial charge in [0.1, 0.15) is 0 Å². The van der Waals surface area contributed by atoms with Crippen molar-refractivity contribution in [3.05, 3.63) is 0 Å². The predicted molar refractivity (Wildman–Crippen MR) is 54.2 cm³/mol. The molecule has 0 aliphatic heterocycles. The summed E-state index contributed by atoms with van der Waals surface area (Å²) in [6, 6.07) is 0.271. The van der Waals surface area contributed by atoms with Crippen molar-refractivity contribution in [1.29, 1.82) is 0 Å². The van der Waals surface area contributed by atoms with Crippen molar-refractivity contribution in [2.45, 2.75) is 38.6 Å². The Bertz CT molecular complexity index is 290. The highest BCUT2D eigenvalue weighted by Crippen LogP contribution is 2.39. The van der Waals surface area contributed by atoms with Crippen LogP contribution in [0.5, 0.6) is 0 Å². The predicted octanol–water partition coefficient (Wildman–Crippen LogP) is 1.01. The Morgan fingerprint density at radius 2 is 2.00 bits per heavy atom. The number of carboxylic acids is 1. The highest BCUT2D eigenvalue weighted by atomic mass is 16.4. The van der Waals surface area contributed by atoms with Gasteiger partial charge in [-0.2, -0.15) is 0 Å². The molecular weight excluding hydrogens is 194 g/mol. The molecule has 2 aliphatic rings. The van der Waals surface area contributed by atoms with Crippen LogP contribution < -0.4 is 5.32 Å². The molecule has 1 amide bonds. The molecule has 4 atom stereocenters. The molecule has 15 heavy (non-hydrogen) atoms. The van der Waals surface area contributed by atoms with Gasteiger partial charge in [0.15, 0.2) is 0 Å². The Balaban J connectivity index is 1.81. The highest BCUT2D eigenvalue weighted by molar-refractivity contribution is 5.89. The Morgan fingerprint density at radius 1 is 1.27 bits per heavy atom. The number of amides is 1. The third-order valence-electron chi connectivity index (χ3n) is 3.63. The zero-order valence-corrected chi connectivity index (χ0v) is 8.90. The van der Waals surface area contributed by atoms with E-state index in [2.05, 4.69) is 12.2 Å². The zero-order chi connectivity index (χ0) is 11.0. The van der Waals surface area contributed by atoms with Crippen molar-refractivity contribution in [2.24, 2.45) is 17.8 Å². The SMILES string of the molecule is CC1CCCC1NC(=O)[C@@H]1C[C@@H]1C(=O)O. The molecule has 0 heterocycles. The van der Waals surface area contributed by atoms with E-state index in [1.54, 1.807) is 0 Å². The fourth-order valence-corrected chi connectivity index (χ4v) is 2.41. The maximum absolute atomic E-state index is 11.6. The van der Waals surface area contributed by atoms with E-state index in [1.807, 2.05) is 0 Å². The summed E-state index contributed by atoms with van der Waals surface area (Å²) >= 11 is 0. The minimum Gasteiger partial charge on any atom is -0.481 e. The normalized spacial score (nSPS) is 38.7. The van der Waals surface area contributed by atoms with Crippen LogP contribution in [0.15, 0.2) is 0 Å². The van der Waals surface area contributed by atoms with Crippen molar-refractivity contribution in [3.8, 4) is 0 Å². The van der Waals surface area contributed by atoms with Crippen LogP contribution in [-0.4, -0.2) is 23.0 Å². The fourth-order valence-electron chi connectivity index (χ4n) is 2.41. The number of hydrogen-bond acceptors (Lipinski definition) is 2. The van der Waals surface area contributed by atoms with Crippen LogP contribution in [0.2, 0.25) is 0 Å². The van der Waals surface area contributed by atoms with E-state index in [9.17, 15) is 9.59 Å². The Hall–Kier alpha value is -1.06. The summed E-state index contributed by atoms with van der Waals surface area (Å²) in [7, 11) is 0. The Morgan fingerprint density at radius 3 is 2.47 bits per heavy atom. The van der Waals surface area contributed by atoms with Crippen molar-refractivity contribution in [1.82, 2.24) is 5.32 Å². The van der Waals surface area contributed by atoms with E-state index in [0.29, 0.717) is 12.3 Å². The number of nitrogens with one attached hydrogen (secondary N) is 1. The van der Waals surface area contributed by atoms with Crippen LogP contribution >= 0.6 is 0 Å². The monoisotopic (exact) mass is 211 g/mol. The second-order valence-corrected chi connectivity index (χ2v) is 4.81. The van der Waals surface area contributed by atoms with E-state index < -0.39 is 11.9 Å². The molecular formula is C11H17NO3. The molecule has 2 aliphatic carbocycles. The first-order valence-electron chi connectivity index (χ1n) is 5.62. The largest absolute Gasteiger partial charge is 0.481 e. The summed E-state index contributed by atoms with van der Waals surface area (Å²) in [5.74, 6) is -1.05. The van der Waals surface area contributed by atoms with Crippen LogP contribution in [0.4, 0.5) is 0 Å². The summed E-state index contributed by atoms with van der Waals surface area (Å²) in [6.45, 7) is 2.14. The van der Waals surface area contributed by atoms with Crippen LogP contribution in [0.1, 0.15) is 32.6 Å². The van der Waals surface area contributed by atoms with Gasteiger partial charge in [-0.3, -0.25) is 9.59 Å². The lowest BCUT2D eigenvalue weighted by molar-refractivity contribution is -0.140. The molecule has 4 heteroatoms. The molecule has 0 saturated heterocycles. The standard InChI is InChI=1S/C11H17NO3/c1-6-3-2-4-9(6)12-10(13)7-5-8(7)11(14)15/h6-9H,2-5H2,1H3,(H,12,13)(H,14,15)/t6?,7-,8+,9?/m1/s1. The molecule has 0 aromatic carbocycles. The number of carboxylic acid groups (broad SMARTS) is 1. The molecule has 2 N–H and O–H groups in total. The molecule has 0 aromatic heterocycles.